The maximum Gasteiger partial charge on any atom is 0.166 e. The van der Waals surface area contributed by atoms with E-state index in [2.05, 4.69) is 15.9 Å². The van der Waals surface area contributed by atoms with Crippen LogP contribution in [-0.2, 0) is 9.84 Å². The molecule has 2 atom stereocenters. The smallest absolute Gasteiger partial charge is 0.166 e. The number of aliphatic hydroxyl groups is 1. The Morgan fingerprint density at radius 1 is 1.35 bits per heavy atom. The first-order valence-electron chi connectivity index (χ1n) is 5.35. The number of benzene rings is 1. The highest BCUT2D eigenvalue weighted by atomic mass is 79.9. The summed E-state index contributed by atoms with van der Waals surface area (Å²) in [5.74, 6) is 0. The van der Waals surface area contributed by atoms with E-state index >= 15 is 0 Å². The van der Waals surface area contributed by atoms with Gasteiger partial charge in [-0.3, -0.25) is 0 Å². The zero-order valence-corrected chi connectivity index (χ0v) is 12.5. The summed E-state index contributed by atoms with van der Waals surface area (Å²) in [6.45, 7) is 3.67. The second-order valence-corrected chi connectivity index (χ2v) is 8.44. The predicted octanol–water partition coefficient (Wildman–Crippen LogP) is 2.57. The van der Waals surface area contributed by atoms with Crippen LogP contribution in [0.4, 0.5) is 0 Å². The lowest BCUT2D eigenvalue weighted by Crippen LogP contribution is -2.37. The van der Waals surface area contributed by atoms with Gasteiger partial charge in [0.2, 0.25) is 0 Å². The van der Waals surface area contributed by atoms with Crippen LogP contribution in [0.25, 0.3) is 0 Å². The van der Waals surface area contributed by atoms with Crippen LogP contribution in [0.5, 0.6) is 0 Å². The fourth-order valence-corrected chi connectivity index (χ4v) is 2.99. The fraction of sp³-hybridized carbons (Fsp3) is 0.500. The molecule has 5 heteroatoms. The number of aliphatic hydroxyl groups excluding tert-OH is 1. The molecule has 0 spiro atoms. The van der Waals surface area contributed by atoms with Gasteiger partial charge >= 0.3 is 0 Å². The minimum atomic E-state index is -3.41. The summed E-state index contributed by atoms with van der Waals surface area (Å²) in [6, 6.07) is 7.20. The lowest BCUT2D eigenvalue weighted by atomic mass is 10.0. The van der Waals surface area contributed by atoms with E-state index in [4.69, 9.17) is 0 Å². The molecule has 0 heterocycles. The Bertz CT molecular complexity index is 481. The molecule has 0 amide bonds. The highest BCUT2D eigenvalue weighted by molar-refractivity contribution is 9.11. The Balaban J connectivity index is 3.19. The van der Waals surface area contributed by atoms with Gasteiger partial charge in [0.25, 0.3) is 0 Å². The minimum absolute atomic E-state index is 0.293. The Kier molecular flexibility index (Phi) is 4.38. The van der Waals surface area contributed by atoms with E-state index in [-0.39, 0.29) is 0 Å². The number of aryl methyl sites for hydroxylation is 1. The summed E-state index contributed by atoms with van der Waals surface area (Å²) >= 11 is 3.19. The van der Waals surface area contributed by atoms with Crippen molar-refractivity contribution < 1.29 is 13.5 Å². The van der Waals surface area contributed by atoms with Gasteiger partial charge in [-0.05, 0) is 18.9 Å². The van der Waals surface area contributed by atoms with Crippen LogP contribution in [-0.4, -0.2) is 23.4 Å². The first-order valence-corrected chi connectivity index (χ1v) is 8.04. The zero-order chi connectivity index (χ0) is 13.3. The van der Waals surface area contributed by atoms with Crippen LogP contribution < -0.4 is 0 Å². The molecule has 0 radical (unpaired) electrons. The molecular weight excluding hydrogens is 304 g/mol. The number of alkyl halides is 1. The molecule has 3 nitrogen and oxygen atoms in total. The maximum atomic E-state index is 11.8. The van der Waals surface area contributed by atoms with Gasteiger partial charge in [0.05, 0.1) is 0 Å². The van der Waals surface area contributed by atoms with Crippen LogP contribution in [0, 0.1) is 6.92 Å². The van der Waals surface area contributed by atoms with Crippen molar-refractivity contribution in [2.24, 2.45) is 0 Å². The minimum Gasteiger partial charge on any atom is -0.386 e. The molecule has 0 saturated carbocycles. The number of hydrogen-bond acceptors (Lipinski definition) is 3. The van der Waals surface area contributed by atoms with Crippen molar-refractivity contribution in [3.63, 3.8) is 0 Å². The fourth-order valence-electron chi connectivity index (χ4n) is 1.66. The van der Waals surface area contributed by atoms with Crippen molar-refractivity contribution >= 4 is 25.8 Å². The van der Waals surface area contributed by atoms with Crippen molar-refractivity contribution in [1.82, 2.24) is 0 Å². The molecule has 0 bridgehead atoms. The molecular formula is C12H17BrO3S. The Hall–Kier alpha value is -0.390. The molecule has 0 aliphatic rings. The van der Waals surface area contributed by atoms with E-state index in [1.165, 1.54) is 0 Å². The summed E-state index contributed by atoms with van der Waals surface area (Å²) in [6.07, 6.45) is 0.340. The molecule has 0 fully saturated rings. The van der Waals surface area contributed by atoms with Crippen LogP contribution in [0.2, 0.25) is 0 Å². The summed E-state index contributed by atoms with van der Waals surface area (Å²) in [4.78, 5) is 0. The average Bonchev–Trinajstić information content (AvgIpc) is 2.26. The molecule has 2 unspecified atom stereocenters. The number of rotatable bonds is 4. The number of sulfone groups is 1. The summed E-state index contributed by atoms with van der Waals surface area (Å²) in [7, 11) is -3.41. The van der Waals surface area contributed by atoms with Gasteiger partial charge in [0, 0.05) is 6.26 Å². The molecule has 0 aromatic heterocycles. The van der Waals surface area contributed by atoms with E-state index < -0.39 is 19.6 Å². The Morgan fingerprint density at radius 2 is 1.82 bits per heavy atom. The van der Waals surface area contributed by atoms with Gasteiger partial charge in [-0.15, -0.1) is 0 Å². The monoisotopic (exact) mass is 320 g/mol. The molecule has 0 saturated heterocycles. The normalized spacial score (nSPS) is 17.5. The second kappa shape index (κ2) is 5.08. The quantitative estimate of drug-likeness (QED) is 0.867. The lowest BCUT2D eigenvalue weighted by Gasteiger charge is -2.30. The van der Waals surface area contributed by atoms with Gasteiger partial charge < -0.3 is 5.11 Å². The van der Waals surface area contributed by atoms with Crippen LogP contribution in [0.1, 0.15) is 30.6 Å². The van der Waals surface area contributed by atoms with E-state index in [0.717, 1.165) is 11.8 Å². The molecule has 1 N–H and O–H groups in total. The molecule has 1 rings (SSSR count). The lowest BCUT2D eigenvalue weighted by molar-refractivity contribution is 0.160. The Morgan fingerprint density at radius 3 is 2.18 bits per heavy atom. The third kappa shape index (κ3) is 2.89. The molecule has 17 heavy (non-hydrogen) atoms. The second-order valence-electron chi connectivity index (χ2n) is 4.23. The third-order valence-corrected chi connectivity index (χ3v) is 7.40. The summed E-state index contributed by atoms with van der Waals surface area (Å²) in [5.41, 5.74) is 1.66. The average molecular weight is 321 g/mol. The standard InChI is InChI=1S/C12H17BrO3S/c1-4-12(13,17(3,15)16)11(14)10-7-5-9(2)6-8-10/h5-8,11,14H,4H2,1-3H3. The van der Waals surface area contributed by atoms with E-state index in [9.17, 15) is 13.5 Å². The Labute approximate surface area is 111 Å². The molecule has 1 aromatic carbocycles. The van der Waals surface area contributed by atoms with Crippen molar-refractivity contribution in [3.05, 3.63) is 35.4 Å². The first-order chi connectivity index (χ1) is 7.72. The van der Waals surface area contributed by atoms with Gasteiger partial charge in [-0.2, -0.15) is 0 Å². The predicted molar refractivity (Wildman–Crippen MR) is 72.9 cm³/mol. The summed E-state index contributed by atoms with van der Waals surface area (Å²) in [5, 5.41) is 10.2. The number of halogens is 1. The van der Waals surface area contributed by atoms with Gasteiger partial charge in [-0.1, -0.05) is 52.7 Å². The van der Waals surface area contributed by atoms with E-state index in [1.54, 1.807) is 19.1 Å². The topological polar surface area (TPSA) is 54.4 Å². The molecule has 1 aromatic rings. The van der Waals surface area contributed by atoms with Crippen LogP contribution in [0.15, 0.2) is 24.3 Å². The maximum absolute atomic E-state index is 11.8. The number of hydrogen-bond donors (Lipinski definition) is 1. The van der Waals surface area contributed by atoms with E-state index in [0.29, 0.717) is 12.0 Å². The SMILES string of the molecule is CCC(Br)(C(O)c1ccc(C)cc1)S(C)(=O)=O. The largest absolute Gasteiger partial charge is 0.386 e. The van der Waals surface area contributed by atoms with Crippen molar-refractivity contribution in [3.8, 4) is 0 Å². The van der Waals surface area contributed by atoms with Gasteiger partial charge in [0.15, 0.2) is 13.5 Å². The van der Waals surface area contributed by atoms with Gasteiger partial charge in [0.1, 0.15) is 6.10 Å². The van der Waals surface area contributed by atoms with Crippen LogP contribution in [0.3, 0.4) is 0 Å². The molecule has 0 aliphatic heterocycles. The van der Waals surface area contributed by atoms with Gasteiger partial charge in [-0.25, -0.2) is 8.42 Å². The molecule has 0 aliphatic carbocycles. The van der Waals surface area contributed by atoms with Crippen molar-refractivity contribution in [2.45, 2.75) is 30.0 Å². The van der Waals surface area contributed by atoms with Crippen molar-refractivity contribution in [2.75, 3.05) is 6.26 Å². The highest BCUT2D eigenvalue weighted by Crippen LogP contribution is 2.41. The van der Waals surface area contributed by atoms with E-state index in [1.807, 2.05) is 19.1 Å². The van der Waals surface area contributed by atoms with Crippen molar-refractivity contribution in [1.29, 1.82) is 0 Å². The first kappa shape index (κ1) is 14.7. The van der Waals surface area contributed by atoms with Crippen LogP contribution >= 0.6 is 15.9 Å². The highest BCUT2D eigenvalue weighted by Gasteiger charge is 2.44. The summed E-state index contributed by atoms with van der Waals surface area (Å²) < 4.78 is 22.2. The third-order valence-electron chi connectivity index (χ3n) is 2.90. The molecule has 96 valence electrons. The zero-order valence-electron chi connectivity index (χ0n) is 10.1.